The molecule has 0 unspecified atom stereocenters. The number of oxazole rings is 1. The number of benzene rings is 1. The fourth-order valence-electron chi connectivity index (χ4n) is 2.57. The first-order chi connectivity index (χ1) is 12.6. The van der Waals surface area contributed by atoms with Gasteiger partial charge in [0, 0.05) is 23.0 Å². The number of fused-ring (bicyclic) bond motifs is 1. The second-order valence-corrected chi connectivity index (χ2v) is 6.14. The van der Waals surface area contributed by atoms with Gasteiger partial charge in [0.1, 0.15) is 18.0 Å². The molecule has 0 aliphatic carbocycles. The van der Waals surface area contributed by atoms with Crippen LogP contribution in [-0.4, -0.2) is 20.3 Å². The van der Waals surface area contributed by atoms with Gasteiger partial charge in [-0.1, -0.05) is 17.7 Å². The summed E-state index contributed by atoms with van der Waals surface area (Å²) in [6.07, 6.45) is 3.70. The Labute approximate surface area is 154 Å². The van der Waals surface area contributed by atoms with E-state index < -0.39 is 5.97 Å². The van der Waals surface area contributed by atoms with Crippen LogP contribution in [0.2, 0.25) is 5.02 Å². The van der Waals surface area contributed by atoms with Crippen molar-refractivity contribution in [1.29, 1.82) is 0 Å². The maximum absolute atomic E-state index is 12.4. The number of aromatic nitrogens is 3. The molecule has 4 aromatic rings. The third-order valence-corrected chi connectivity index (χ3v) is 4.10. The van der Waals surface area contributed by atoms with Gasteiger partial charge in [-0.05, 0) is 43.3 Å². The summed E-state index contributed by atoms with van der Waals surface area (Å²) < 4.78 is 12.8. The van der Waals surface area contributed by atoms with E-state index in [1.54, 1.807) is 31.2 Å². The smallest absolute Gasteiger partial charge is 0.361 e. The van der Waals surface area contributed by atoms with Gasteiger partial charge in [0.25, 0.3) is 0 Å². The van der Waals surface area contributed by atoms with Gasteiger partial charge < -0.3 is 13.6 Å². The molecule has 130 valence electrons. The molecular weight excluding hydrogens is 354 g/mol. The first-order valence-electron chi connectivity index (χ1n) is 7.93. The van der Waals surface area contributed by atoms with E-state index in [2.05, 4.69) is 9.97 Å². The van der Waals surface area contributed by atoms with Crippen LogP contribution < -0.4 is 0 Å². The van der Waals surface area contributed by atoms with Crippen LogP contribution in [0.4, 0.5) is 0 Å². The number of imidazole rings is 1. The normalized spacial score (nSPS) is 11.0. The molecule has 0 radical (unpaired) electrons. The average Bonchev–Trinajstić information content (AvgIpc) is 3.23. The zero-order chi connectivity index (χ0) is 18.1. The summed E-state index contributed by atoms with van der Waals surface area (Å²) >= 11 is 5.88. The number of hydrogen-bond acceptors (Lipinski definition) is 5. The second kappa shape index (κ2) is 6.65. The maximum Gasteiger partial charge on any atom is 0.361 e. The summed E-state index contributed by atoms with van der Waals surface area (Å²) in [5.74, 6) is 0.192. The molecule has 0 saturated heterocycles. The fourth-order valence-corrected chi connectivity index (χ4v) is 2.69. The number of aryl methyl sites for hydroxylation is 1. The quantitative estimate of drug-likeness (QED) is 0.503. The predicted octanol–water partition coefficient (Wildman–Crippen LogP) is 4.31. The van der Waals surface area contributed by atoms with Crippen LogP contribution in [0.25, 0.3) is 17.1 Å². The number of hydrogen-bond donors (Lipinski definition) is 0. The number of ether oxygens (including phenoxy) is 1. The van der Waals surface area contributed by atoms with Crippen molar-refractivity contribution in [1.82, 2.24) is 14.4 Å². The molecule has 0 aliphatic rings. The molecular formula is C19H14ClN3O3. The summed E-state index contributed by atoms with van der Waals surface area (Å²) in [6.45, 7) is 1.73. The van der Waals surface area contributed by atoms with Crippen molar-refractivity contribution in [2.45, 2.75) is 13.5 Å². The highest BCUT2D eigenvalue weighted by Crippen LogP contribution is 2.24. The summed E-state index contributed by atoms with van der Waals surface area (Å²) in [5.41, 5.74) is 2.33. The average molecular weight is 368 g/mol. The Bertz CT molecular complexity index is 1050. The third kappa shape index (κ3) is 3.19. The topological polar surface area (TPSA) is 69.6 Å². The summed E-state index contributed by atoms with van der Waals surface area (Å²) in [4.78, 5) is 21.0. The molecule has 26 heavy (non-hydrogen) atoms. The molecule has 3 aromatic heterocycles. The highest BCUT2D eigenvalue weighted by Gasteiger charge is 2.20. The molecule has 0 fully saturated rings. The minimum atomic E-state index is -0.552. The number of esters is 1. The zero-order valence-corrected chi connectivity index (χ0v) is 14.6. The van der Waals surface area contributed by atoms with E-state index in [1.807, 2.05) is 35.0 Å². The third-order valence-electron chi connectivity index (χ3n) is 3.85. The van der Waals surface area contributed by atoms with Crippen molar-refractivity contribution in [3.8, 4) is 11.5 Å². The minimum absolute atomic E-state index is 0.0586. The molecule has 0 atom stereocenters. The molecule has 6 nitrogen and oxygen atoms in total. The van der Waals surface area contributed by atoms with Crippen LogP contribution >= 0.6 is 11.6 Å². The highest BCUT2D eigenvalue weighted by molar-refractivity contribution is 6.30. The van der Waals surface area contributed by atoms with Crippen molar-refractivity contribution in [3.63, 3.8) is 0 Å². The number of carbonyl (C=O) groups excluding carboxylic acids is 1. The molecule has 0 amide bonds. The lowest BCUT2D eigenvalue weighted by molar-refractivity contribution is 0.0460. The Morgan fingerprint density at radius 2 is 2.00 bits per heavy atom. The predicted molar refractivity (Wildman–Crippen MR) is 96.0 cm³/mol. The molecule has 0 saturated carbocycles. The molecule has 3 heterocycles. The van der Waals surface area contributed by atoms with Crippen molar-refractivity contribution in [2.75, 3.05) is 0 Å². The van der Waals surface area contributed by atoms with Crippen molar-refractivity contribution >= 4 is 23.2 Å². The van der Waals surface area contributed by atoms with Crippen LogP contribution in [-0.2, 0) is 11.3 Å². The fraction of sp³-hybridized carbons (Fsp3) is 0.105. The number of carbonyl (C=O) groups is 1. The Kier molecular flexibility index (Phi) is 4.18. The largest absolute Gasteiger partial charge is 0.454 e. The number of halogens is 1. The number of rotatable bonds is 4. The monoisotopic (exact) mass is 367 g/mol. The van der Waals surface area contributed by atoms with Crippen LogP contribution in [0.15, 0.2) is 59.3 Å². The van der Waals surface area contributed by atoms with Crippen LogP contribution in [0.5, 0.6) is 0 Å². The SMILES string of the molecule is Cc1oc(-c2ccc(Cl)cc2)nc1C(=O)OCc1cn2ccccc2n1. The molecule has 0 bridgehead atoms. The molecule has 7 heteroatoms. The molecule has 4 rings (SSSR count). The van der Waals surface area contributed by atoms with Crippen LogP contribution in [0, 0.1) is 6.92 Å². The van der Waals surface area contributed by atoms with Gasteiger partial charge in [-0.2, -0.15) is 0 Å². The van der Waals surface area contributed by atoms with Crippen molar-refractivity contribution < 1.29 is 13.9 Å². The van der Waals surface area contributed by atoms with E-state index in [1.165, 1.54) is 0 Å². The van der Waals surface area contributed by atoms with Gasteiger partial charge in [-0.25, -0.2) is 14.8 Å². The van der Waals surface area contributed by atoms with Crippen molar-refractivity contribution in [3.05, 3.63) is 77.0 Å². The van der Waals surface area contributed by atoms with E-state index in [-0.39, 0.29) is 12.3 Å². The lowest BCUT2D eigenvalue weighted by Gasteiger charge is -1.99. The first-order valence-corrected chi connectivity index (χ1v) is 8.31. The van der Waals surface area contributed by atoms with Gasteiger partial charge in [-0.3, -0.25) is 0 Å². The van der Waals surface area contributed by atoms with Gasteiger partial charge in [0.2, 0.25) is 5.89 Å². The van der Waals surface area contributed by atoms with Crippen LogP contribution in [0.1, 0.15) is 21.9 Å². The minimum Gasteiger partial charge on any atom is -0.454 e. The summed E-state index contributed by atoms with van der Waals surface area (Å²) in [6, 6.07) is 12.7. The number of nitrogens with zero attached hydrogens (tertiary/aromatic N) is 3. The lowest BCUT2D eigenvalue weighted by atomic mass is 10.2. The van der Waals surface area contributed by atoms with Gasteiger partial charge in [-0.15, -0.1) is 0 Å². The zero-order valence-electron chi connectivity index (χ0n) is 13.8. The van der Waals surface area contributed by atoms with Gasteiger partial charge in [0.05, 0.1) is 5.69 Å². The van der Waals surface area contributed by atoms with E-state index in [9.17, 15) is 4.79 Å². The van der Waals surface area contributed by atoms with Crippen molar-refractivity contribution in [2.24, 2.45) is 0 Å². The molecule has 0 aliphatic heterocycles. The highest BCUT2D eigenvalue weighted by atomic mass is 35.5. The molecule has 0 N–H and O–H groups in total. The summed E-state index contributed by atoms with van der Waals surface area (Å²) in [5, 5.41) is 0.615. The first kappa shape index (κ1) is 16.4. The van der Waals surface area contributed by atoms with E-state index in [0.717, 1.165) is 11.2 Å². The van der Waals surface area contributed by atoms with E-state index in [0.29, 0.717) is 22.4 Å². The lowest BCUT2D eigenvalue weighted by Crippen LogP contribution is -2.07. The van der Waals surface area contributed by atoms with Crippen LogP contribution in [0.3, 0.4) is 0 Å². The van der Waals surface area contributed by atoms with Gasteiger partial charge >= 0.3 is 5.97 Å². The van der Waals surface area contributed by atoms with Gasteiger partial charge in [0.15, 0.2) is 5.69 Å². The standard InChI is InChI=1S/C19H14ClN3O3/c1-12-17(22-18(26-12)13-5-7-14(20)8-6-13)19(24)25-11-15-10-23-9-3-2-4-16(23)21-15/h2-10H,11H2,1H3. The van der Waals surface area contributed by atoms with E-state index >= 15 is 0 Å². The second-order valence-electron chi connectivity index (χ2n) is 5.71. The Hall–Kier alpha value is -3.12. The Balaban J connectivity index is 1.50. The molecule has 0 spiro atoms. The Morgan fingerprint density at radius 3 is 2.77 bits per heavy atom. The molecule has 1 aromatic carbocycles. The Morgan fingerprint density at radius 1 is 1.19 bits per heavy atom. The summed E-state index contributed by atoms with van der Waals surface area (Å²) in [7, 11) is 0. The maximum atomic E-state index is 12.4. The number of pyridine rings is 1. The van der Waals surface area contributed by atoms with E-state index in [4.69, 9.17) is 20.8 Å².